The summed E-state index contributed by atoms with van der Waals surface area (Å²) in [7, 11) is 0. The van der Waals surface area contributed by atoms with Crippen LogP contribution in [0.5, 0.6) is 0 Å². The van der Waals surface area contributed by atoms with Crippen molar-refractivity contribution in [2.24, 2.45) is 0 Å². The zero-order valence-electron chi connectivity index (χ0n) is 12.7. The number of fused-ring (bicyclic) bond motifs is 1. The summed E-state index contributed by atoms with van der Waals surface area (Å²) in [6.45, 7) is 12.3. The molecule has 0 amide bonds. The van der Waals surface area contributed by atoms with Gasteiger partial charge < -0.3 is 0 Å². The predicted octanol–water partition coefficient (Wildman–Crippen LogP) is 5.41. The Kier molecular flexibility index (Phi) is 8.91. The summed E-state index contributed by atoms with van der Waals surface area (Å²) in [6, 6.07) is 8.75. The van der Waals surface area contributed by atoms with Crippen molar-refractivity contribution < 1.29 is 0 Å². The molecule has 0 aliphatic heterocycles. The summed E-state index contributed by atoms with van der Waals surface area (Å²) < 4.78 is 0. The molecule has 0 spiro atoms. The fraction of sp³-hybridized carbons (Fsp3) is 0.471. The third-order valence-corrected chi connectivity index (χ3v) is 2.62. The Morgan fingerprint density at radius 3 is 2.00 bits per heavy atom. The van der Waals surface area contributed by atoms with E-state index in [0.717, 1.165) is 18.4 Å². The lowest BCUT2D eigenvalue weighted by Crippen LogP contribution is -1.86. The molecule has 1 heterocycles. The van der Waals surface area contributed by atoms with Gasteiger partial charge in [-0.2, -0.15) is 0 Å². The molecule has 0 radical (unpaired) electrons. The van der Waals surface area contributed by atoms with E-state index >= 15 is 0 Å². The van der Waals surface area contributed by atoms with E-state index in [0.29, 0.717) is 0 Å². The standard InChI is InChI=1S/C13H15N.2C2H6/c1-3-10-5-6-12-7-11(4-2)9-14-13(12)8-10;2*1-2/h5-9H,3-4H2,1-2H3;2*1-2H3. The number of aromatic nitrogens is 1. The number of benzene rings is 1. The average molecular weight is 245 g/mol. The van der Waals surface area contributed by atoms with Gasteiger partial charge in [-0.25, -0.2) is 0 Å². The summed E-state index contributed by atoms with van der Waals surface area (Å²) in [5.74, 6) is 0. The van der Waals surface area contributed by atoms with Gasteiger partial charge in [-0.15, -0.1) is 0 Å². The molecule has 0 bridgehead atoms. The van der Waals surface area contributed by atoms with E-state index in [9.17, 15) is 0 Å². The first kappa shape index (κ1) is 16.6. The van der Waals surface area contributed by atoms with E-state index in [1.54, 1.807) is 0 Å². The van der Waals surface area contributed by atoms with Crippen molar-refractivity contribution in [2.45, 2.75) is 54.4 Å². The van der Waals surface area contributed by atoms with Crippen LogP contribution in [0.25, 0.3) is 10.9 Å². The van der Waals surface area contributed by atoms with Crippen LogP contribution in [-0.2, 0) is 12.8 Å². The highest BCUT2D eigenvalue weighted by Gasteiger charge is 1.97. The van der Waals surface area contributed by atoms with Crippen LogP contribution in [0.4, 0.5) is 0 Å². The molecule has 1 aromatic carbocycles. The number of nitrogens with zero attached hydrogens (tertiary/aromatic N) is 1. The Labute approximate surface area is 112 Å². The number of hydrogen-bond donors (Lipinski definition) is 0. The van der Waals surface area contributed by atoms with E-state index in [-0.39, 0.29) is 0 Å². The average Bonchev–Trinajstić information content (AvgIpc) is 2.50. The normalized spacial score (nSPS) is 9.00. The van der Waals surface area contributed by atoms with E-state index < -0.39 is 0 Å². The summed E-state index contributed by atoms with van der Waals surface area (Å²) in [5, 5.41) is 1.25. The van der Waals surface area contributed by atoms with Crippen LogP contribution in [0.2, 0.25) is 0 Å². The minimum absolute atomic E-state index is 1.05. The molecule has 0 aliphatic carbocycles. The molecule has 2 aromatic rings. The second kappa shape index (κ2) is 9.64. The predicted molar refractivity (Wildman–Crippen MR) is 83.2 cm³/mol. The van der Waals surface area contributed by atoms with Gasteiger partial charge in [0, 0.05) is 11.6 Å². The van der Waals surface area contributed by atoms with Gasteiger partial charge >= 0.3 is 0 Å². The van der Waals surface area contributed by atoms with Crippen LogP contribution in [0, 0.1) is 0 Å². The Morgan fingerprint density at radius 2 is 1.44 bits per heavy atom. The summed E-state index contributed by atoms with van der Waals surface area (Å²) in [6.07, 6.45) is 4.10. The molecule has 18 heavy (non-hydrogen) atoms. The van der Waals surface area contributed by atoms with Crippen LogP contribution >= 0.6 is 0 Å². The minimum atomic E-state index is 1.05. The maximum atomic E-state index is 4.46. The molecule has 1 nitrogen and oxygen atoms in total. The first-order chi connectivity index (χ1) is 8.83. The Balaban J connectivity index is 0.000000659. The quantitative estimate of drug-likeness (QED) is 0.689. The fourth-order valence-corrected chi connectivity index (χ4v) is 1.63. The van der Waals surface area contributed by atoms with Crippen LogP contribution in [0.15, 0.2) is 30.5 Å². The Hall–Kier alpha value is -1.37. The Morgan fingerprint density at radius 1 is 0.833 bits per heavy atom. The second-order valence-corrected chi connectivity index (χ2v) is 3.58. The highest BCUT2D eigenvalue weighted by Crippen LogP contribution is 2.15. The number of hydrogen-bond acceptors (Lipinski definition) is 1. The molecule has 1 aromatic heterocycles. The van der Waals surface area contributed by atoms with Crippen LogP contribution in [0.3, 0.4) is 0 Å². The van der Waals surface area contributed by atoms with Crippen LogP contribution in [0.1, 0.15) is 52.7 Å². The summed E-state index contributed by atoms with van der Waals surface area (Å²) in [5.41, 5.74) is 3.78. The maximum absolute atomic E-state index is 4.46. The number of aryl methyl sites for hydroxylation is 2. The molecule has 0 N–H and O–H groups in total. The van der Waals surface area contributed by atoms with E-state index in [1.807, 2.05) is 33.9 Å². The highest BCUT2D eigenvalue weighted by molar-refractivity contribution is 5.79. The van der Waals surface area contributed by atoms with Gasteiger partial charge in [0.2, 0.25) is 0 Å². The van der Waals surface area contributed by atoms with E-state index in [2.05, 4.69) is 43.1 Å². The van der Waals surface area contributed by atoms with Gasteiger partial charge in [0.25, 0.3) is 0 Å². The van der Waals surface area contributed by atoms with Gasteiger partial charge in [0.05, 0.1) is 5.52 Å². The molecule has 0 saturated heterocycles. The van der Waals surface area contributed by atoms with Gasteiger partial charge in [-0.3, -0.25) is 4.98 Å². The van der Waals surface area contributed by atoms with Crippen LogP contribution < -0.4 is 0 Å². The molecule has 0 atom stereocenters. The van der Waals surface area contributed by atoms with Gasteiger partial charge in [0.1, 0.15) is 0 Å². The summed E-state index contributed by atoms with van der Waals surface area (Å²) >= 11 is 0. The van der Waals surface area contributed by atoms with Crippen LogP contribution in [-0.4, -0.2) is 4.98 Å². The molecule has 1 heteroatoms. The summed E-state index contributed by atoms with van der Waals surface area (Å²) in [4.78, 5) is 4.46. The zero-order valence-corrected chi connectivity index (χ0v) is 12.7. The van der Waals surface area contributed by atoms with Crippen molar-refractivity contribution in [1.82, 2.24) is 4.98 Å². The lowest BCUT2D eigenvalue weighted by molar-refractivity contribution is 1.11. The van der Waals surface area contributed by atoms with Gasteiger partial charge in [0.15, 0.2) is 0 Å². The van der Waals surface area contributed by atoms with E-state index in [1.165, 1.54) is 16.5 Å². The van der Waals surface area contributed by atoms with Crippen molar-refractivity contribution in [3.05, 3.63) is 41.6 Å². The fourth-order valence-electron chi connectivity index (χ4n) is 1.63. The topological polar surface area (TPSA) is 12.9 Å². The molecule has 0 aliphatic rings. The van der Waals surface area contributed by atoms with Crippen molar-refractivity contribution in [2.75, 3.05) is 0 Å². The van der Waals surface area contributed by atoms with Crippen molar-refractivity contribution in [3.8, 4) is 0 Å². The highest BCUT2D eigenvalue weighted by atomic mass is 14.6. The lowest BCUT2D eigenvalue weighted by atomic mass is 10.1. The van der Waals surface area contributed by atoms with Crippen molar-refractivity contribution in [1.29, 1.82) is 0 Å². The van der Waals surface area contributed by atoms with Crippen molar-refractivity contribution >= 4 is 10.9 Å². The maximum Gasteiger partial charge on any atom is 0.0704 e. The Bertz CT molecular complexity index is 403. The third-order valence-electron chi connectivity index (χ3n) is 2.62. The SMILES string of the molecule is CC.CC.CCc1cnc2cc(CC)ccc2c1. The smallest absolute Gasteiger partial charge is 0.0704 e. The van der Waals surface area contributed by atoms with Gasteiger partial charge in [-0.1, -0.05) is 53.7 Å². The molecular weight excluding hydrogens is 218 g/mol. The monoisotopic (exact) mass is 245 g/mol. The molecule has 0 saturated carbocycles. The molecule has 0 unspecified atom stereocenters. The van der Waals surface area contributed by atoms with Crippen molar-refractivity contribution in [3.63, 3.8) is 0 Å². The third kappa shape index (κ3) is 4.48. The van der Waals surface area contributed by atoms with E-state index in [4.69, 9.17) is 0 Å². The minimum Gasteiger partial charge on any atom is -0.256 e. The van der Waals surface area contributed by atoms with Gasteiger partial charge in [-0.05, 0) is 36.1 Å². The number of pyridine rings is 1. The molecule has 100 valence electrons. The zero-order chi connectivity index (χ0) is 14.0. The lowest BCUT2D eigenvalue weighted by Gasteiger charge is -2.02. The number of rotatable bonds is 2. The molecular formula is C17H27N. The first-order valence-electron chi connectivity index (χ1n) is 7.21. The first-order valence-corrected chi connectivity index (χ1v) is 7.21. The second-order valence-electron chi connectivity index (χ2n) is 3.58. The largest absolute Gasteiger partial charge is 0.256 e. The molecule has 2 rings (SSSR count). The molecule has 0 fully saturated rings.